The SMILES string of the molecule is Cc1cnc(NCC2CSCCS2)nc1. The number of thioether (sulfide) groups is 2. The third-order valence-electron chi connectivity index (χ3n) is 2.15. The molecule has 2 rings (SSSR count). The van der Waals surface area contributed by atoms with Crippen LogP contribution in [0, 0.1) is 6.92 Å². The van der Waals surface area contributed by atoms with Gasteiger partial charge in [-0.15, -0.1) is 0 Å². The molecule has 1 fully saturated rings. The topological polar surface area (TPSA) is 37.8 Å². The van der Waals surface area contributed by atoms with E-state index in [-0.39, 0.29) is 0 Å². The quantitative estimate of drug-likeness (QED) is 0.876. The van der Waals surface area contributed by atoms with Crippen LogP contribution in [0.1, 0.15) is 5.56 Å². The molecule has 1 unspecified atom stereocenters. The van der Waals surface area contributed by atoms with Gasteiger partial charge in [0.05, 0.1) is 0 Å². The number of rotatable bonds is 3. The number of nitrogens with one attached hydrogen (secondary N) is 1. The highest BCUT2D eigenvalue weighted by atomic mass is 32.2. The minimum atomic E-state index is 0.702. The van der Waals surface area contributed by atoms with Crippen molar-refractivity contribution in [3.8, 4) is 0 Å². The average molecular weight is 241 g/mol. The van der Waals surface area contributed by atoms with Crippen LogP contribution in [0.4, 0.5) is 5.95 Å². The van der Waals surface area contributed by atoms with E-state index in [1.54, 1.807) is 0 Å². The molecule has 1 aliphatic heterocycles. The molecule has 5 heteroatoms. The molecule has 0 saturated carbocycles. The number of aromatic nitrogens is 2. The minimum absolute atomic E-state index is 0.702. The Labute approximate surface area is 98.9 Å². The molecule has 1 N–H and O–H groups in total. The average Bonchev–Trinajstić information content (AvgIpc) is 2.30. The Hall–Kier alpha value is -0.420. The fraction of sp³-hybridized carbons (Fsp3) is 0.600. The standard InChI is InChI=1S/C10H15N3S2/c1-8-4-11-10(12-5-8)13-6-9-7-14-2-3-15-9/h4-5,9H,2-3,6-7H2,1H3,(H,11,12,13). The molecule has 15 heavy (non-hydrogen) atoms. The maximum atomic E-state index is 4.22. The number of aryl methyl sites for hydroxylation is 1. The zero-order valence-electron chi connectivity index (χ0n) is 8.77. The maximum Gasteiger partial charge on any atom is 0.222 e. The fourth-order valence-corrected chi connectivity index (χ4v) is 3.96. The molecule has 0 radical (unpaired) electrons. The highest BCUT2D eigenvalue weighted by Crippen LogP contribution is 2.23. The lowest BCUT2D eigenvalue weighted by Gasteiger charge is -2.20. The molecule has 1 aliphatic rings. The van der Waals surface area contributed by atoms with Crippen molar-refractivity contribution in [2.75, 3.05) is 29.1 Å². The van der Waals surface area contributed by atoms with E-state index in [0.29, 0.717) is 5.25 Å². The number of hydrogen-bond acceptors (Lipinski definition) is 5. The van der Waals surface area contributed by atoms with E-state index in [0.717, 1.165) is 18.1 Å². The predicted molar refractivity (Wildman–Crippen MR) is 68.8 cm³/mol. The Morgan fingerprint density at radius 2 is 2.20 bits per heavy atom. The van der Waals surface area contributed by atoms with Gasteiger partial charge in [-0.05, 0) is 12.5 Å². The predicted octanol–water partition coefficient (Wildman–Crippen LogP) is 2.05. The second kappa shape index (κ2) is 5.61. The normalized spacial score (nSPS) is 21.3. The lowest BCUT2D eigenvalue weighted by Crippen LogP contribution is -2.23. The molecule has 1 atom stereocenters. The van der Waals surface area contributed by atoms with Gasteiger partial charge >= 0.3 is 0 Å². The van der Waals surface area contributed by atoms with Crippen LogP contribution >= 0.6 is 23.5 Å². The van der Waals surface area contributed by atoms with E-state index >= 15 is 0 Å². The van der Waals surface area contributed by atoms with Crippen molar-refractivity contribution in [2.24, 2.45) is 0 Å². The van der Waals surface area contributed by atoms with Crippen LogP contribution < -0.4 is 5.32 Å². The lowest BCUT2D eigenvalue weighted by atomic mass is 10.4. The van der Waals surface area contributed by atoms with Gasteiger partial charge in [0.15, 0.2) is 0 Å². The van der Waals surface area contributed by atoms with Gasteiger partial charge in [-0.3, -0.25) is 0 Å². The summed E-state index contributed by atoms with van der Waals surface area (Å²) in [6.07, 6.45) is 3.69. The van der Waals surface area contributed by atoms with Crippen LogP contribution in [-0.4, -0.2) is 39.0 Å². The second-order valence-corrected chi connectivity index (χ2v) is 6.09. The van der Waals surface area contributed by atoms with Crippen molar-refractivity contribution in [3.05, 3.63) is 18.0 Å². The summed E-state index contributed by atoms with van der Waals surface area (Å²) in [7, 11) is 0. The molecule has 0 aliphatic carbocycles. The van der Waals surface area contributed by atoms with Crippen LogP contribution in [0.25, 0.3) is 0 Å². The van der Waals surface area contributed by atoms with Crippen LogP contribution in [0.5, 0.6) is 0 Å². The number of nitrogens with zero attached hydrogens (tertiary/aromatic N) is 2. The molecular weight excluding hydrogens is 226 g/mol. The van der Waals surface area contributed by atoms with Crippen LogP contribution in [0.15, 0.2) is 12.4 Å². The molecule has 0 amide bonds. The largest absolute Gasteiger partial charge is 0.353 e. The molecule has 0 spiro atoms. The Kier molecular flexibility index (Phi) is 4.14. The lowest BCUT2D eigenvalue weighted by molar-refractivity contribution is 0.970. The van der Waals surface area contributed by atoms with E-state index in [9.17, 15) is 0 Å². The smallest absolute Gasteiger partial charge is 0.222 e. The Morgan fingerprint density at radius 3 is 2.87 bits per heavy atom. The summed E-state index contributed by atoms with van der Waals surface area (Å²) in [5.74, 6) is 4.55. The van der Waals surface area contributed by atoms with Gasteiger partial charge in [0, 0.05) is 41.4 Å². The van der Waals surface area contributed by atoms with E-state index < -0.39 is 0 Å². The first-order valence-electron chi connectivity index (χ1n) is 5.06. The first-order valence-corrected chi connectivity index (χ1v) is 7.27. The van der Waals surface area contributed by atoms with Crippen LogP contribution in [0.3, 0.4) is 0 Å². The van der Waals surface area contributed by atoms with Crippen molar-refractivity contribution in [1.82, 2.24) is 9.97 Å². The van der Waals surface area contributed by atoms with Gasteiger partial charge < -0.3 is 5.32 Å². The van der Waals surface area contributed by atoms with E-state index in [1.165, 1.54) is 17.3 Å². The Morgan fingerprint density at radius 1 is 1.40 bits per heavy atom. The Balaban J connectivity index is 1.79. The molecule has 3 nitrogen and oxygen atoms in total. The summed E-state index contributed by atoms with van der Waals surface area (Å²) in [5.41, 5.74) is 1.10. The van der Waals surface area contributed by atoms with Gasteiger partial charge in [-0.1, -0.05) is 0 Å². The third-order valence-corrected chi connectivity index (χ3v) is 5.00. The summed E-state index contributed by atoms with van der Waals surface area (Å²) in [6.45, 7) is 2.97. The molecule has 1 saturated heterocycles. The molecule has 1 aromatic rings. The molecule has 0 bridgehead atoms. The third kappa shape index (κ3) is 3.57. The van der Waals surface area contributed by atoms with Gasteiger partial charge in [0.1, 0.15) is 0 Å². The first kappa shape index (κ1) is 11.1. The van der Waals surface area contributed by atoms with Crippen LogP contribution in [-0.2, 0) is 0 Å². The van der Waals surface area contributed by atoms with Crippen LogP contribution in [0.2, 0.25) is 0 Å². The van der Waals surface area contributed by atoms with Gasteiger partial charge in [0.2, 0.25) is 5.95 Å². The van der Waals surface area contributed by atoms with Gasteiger partial charge in [0.25, 0.3) is 0 Å². The van der Waals surface area contributed by atoms with Crippen molar-refractivity contribution in [3.63, 3.8) is 0 Å². The highest BCUT2D eigenvalue weighted by molar-refractivity contribution is 8.06. The molecule has 2 heterocycles. The zero-order valence-corrected chi connectivity index (χ0v) is 10.4. The number of anilines is 1. The van der Waals surface area contributed by atoms with E-state index in [1.807, 2.05) is 42.8 Å². The maximum absolute atomic E-state index is 4.22. The fourth-order valence-electron chi connectivity index (χ4n) is 1.34. The molecule has 0 aromatic carbocycles. The molecular formula is C10H15N3S2. The highest BCUT2D eigenvalue weighted by Gasteiger charge is 2.13. The summed E-state index contributed by atoms with van der Waals surface area (Å²) in [6, 6.07) is 0. The number of hydrogen-bond donors (Lipinski definition) is 1. The summed E-state index contributed by atoms with van der Waals surface area (Å²) in [4.78, 5) is 8.45. The first-order chi connectivity index (χ1) is 7.34. The monoisotopic (exact) mass is 241 g/mol. The summed E-state index contributed by atoms with van der Waals surface area (Å²) < 4.78 is 0. The van der Waals surface area contributed by atoms with Crippen molar-refractivity contribution < 1.29 is 0 Å². The van der Waals surface area contributed by atoms with Gasteiger partial charge in [-0.2, -0.15) is 23.5 Å². The summed E-state index contributed by atoms with van der Waals surface area (Å²) in [5, 5.41) is 3.99. The molecule has 82 valence electrons. The van der Waals surface area contributed by atoms with Crippen molar-refractivity contribution in [1.29, 1.82) is 0 Å². The van der Waals surface area contributed by atoms with E-state index in [4.69, 9.17) is 0 Å². The Bertz CT molecular complexity index is 296. The zero-order chi connectivity index (χ0) is 10.5. The van der Waals surface area contributed by atoms with E-state index in [2.05, 4.69) is 15.3 Å². The van der Waals surface area contributed by atoms with Gasteiger partial charge in [-0.25, -0.2) is 9.97 Å². The molecule has 1 aromatic heterocycles. The minimum Gasteiger partial charge on any atom is -0.353 e. The van der Waals surface area contributed by atoms with Crippen molar-refractivity contribution in [2.45, 2.75) is 12.2 Å². The summed E-state index contributed by atoms with van der Waals surface area (Å²) >= 11 is 4.09. The second-order valence-electron chi connectivity index (χ2n) is 3.53. The van der Waals surface area contributed by atoms with Crippen molar-refractivity contribution >= 4 is 29.5 Å².